The molecule has 1 N–H and O–H groups in total. The Morgan fingerprint density at radius 3 is 2.61 bits per heavy atom. The van der Waals surface area contributed by atoms with Crippen LogP contribution in [0.1, 0.15) is 28.4 Å². The SMILES string of the molecule is COc1ccc(Cn2c(Cc3c(C)noc3C)n[nH]c2=O)cc1. The molecule has 0 unspecified atom stereocenters. The van der Waals surface area contributed by atoms with Crippen molar-refractivity contribution >= 4 is 0 Å². The molecule has 0 saturated heterocycles. The smallest absolute Gasteiger partial charge is 0.343 e. The zero-order chi connectivity index (χ0) is 16.4. The molecule has 2 heterocycles. The standard InChI is InChI=1S/C16H18N4O3/c1-10-14(11(2)23-19-10)8-15-17-18-16(21)20(15)9-12-4-6-13(22-3)7-5-12/h4-7H,8-9H2,1-3H3,(H,18,21). The largest absolute Gasteiger partial charge is 0.497 e. The van der Waals surface area contributed by atoms with Crippen LogP contribution < -0.4 is 10.4 Å². The highest BCUT2D eigenvalue weighted by Gasteiger charge is 2.15. The minimum Gasteiger partial charge on any atom is -0.497 e. The molecule has 120 valence electrons. The number of nitrogens with zero attached hydrogens (tertiary/aromatic N) is 3. The number of benzene rings is 1. The summed E-state index contributed by atoms with van der Waals surface area (Å²) in [5.41, 5.74) is 2.53. The third-order valence-corrected chi connectivity index (χ3v) is 3.85. The number of hydrogen-bond donors (Lipinski definition) is 1. The maximum Gasteiger partial charge on any atom is 0.343 e. The van der Waals surface area contributed by atoms with Gasteiger partial charge in [-0.15, -0.1) is 0 Å². The van der Waals surface area contributed by atoms with Crippen molar-refractivity contribution in [2.45, 2.75) is 26.8 Å². The first-order chi connectivity index (χ1) is 11.1. The van der Waals surface area contributed by atoms with Crippen molar-refractivity contribution in [3.05, 3.63) is 63.2 Å². The fraction of sp³-hybridized carbons (Fsp3) is 0.312. The van der Waals surface area contributed by atoms with Crippen LogP contribution in [-0.2, 0) is 13.0 Å². The number of ether oxygens (including phenoxy) is 1. The Morgan fingerprint density at radius 1 is 1.26 bits per heavy atom. The zero-order valence-electron chi connectivity index (χ0n) is 13.3. The molecule has 0 bridgehead atoms. The molecule has 2 aromatic heterocycles. The van der Waals surface area contributed by atoms with Crippen LogP contribution in [0.15, 0.2) is 33.6 Å². The fourth-order valence-corrected chi connectivity index (χ4v) is 2.47. The van der Waals surface area contributed by atoms with Gasteiger partial charge in [0.1, 0.15) is 17.3 Å². The molecule has 1 aromatic carbocycles. The summed E-state index contributed by atoms with van der Waals surface area (Å²) in [6.45, 7) is 4.18. The molecule has 0 radical (unpaired) electrons. The molecule has 0 saturated carbocycles. The predicted octanol–water partition coefficient (Wildman–Crippen LogP) is 1.82. The quantitative estimate of drug-likeness (QED) is 0.776. The lowest BCUT2D eigenvalue weighted by molar-refractivity contribution is 0.392. The van der Waals surface area contributed by atoms with Crippen LogP contribution in [0, 0.1) is 13.8 Å². The first-order valence-corrected chi connectivity index (χ1v) is 7.27. The summed E-state index contributed by atoms with van der Waals surface area (Å²) < 4.78 is 11.9. The maximum atomic E-state index is 12.0. The van der Waals surface area contributed by atoms with Gasteiger partial charge in [0.05, 0.1) is 19.3 Å². The van der Waals surface area contributed by atoms with Crippen LogP contribution >= 0.6 is 0 Å². The normalized spacial score (nSPS) is 10.9. The van der Waals surface area contributed by atoms with Gasteiger partial charge in [-0.05, 0) is 31.5 Å². The second-order valence-corrected chi connectivity index (χ2v) is 5.36. The van der Waals surface area contributed by atoms with Crippen molar-refractivity contribution in [2.75, 3.05) is 7.11 Å². The predicted molar refractivity (Wildman–Crippen MR) is 83.7 cm³/mol. The summed E-state index contributed by atoms with van der Waals surface area (Å²) >= 11 is 0. The van der Waals surface area contributed by atoms with E-state index in [1.807, 2.05) is 38.1 Å². The summed E-state index contributed by atoms with van der Waals surface area (Å²) in [5, 5.41) is 10.6. The van der Waals surface area contributed by atoms with Gasteiger partial charge in [0, 0.05) is 12.0 Å². The van der Waals surface area contributed by atoms with E-state index in [4.69, 9.17) is 9.26 Å². The van der Waals surface area contributed by atoms with E-state index < -0.39 is 0 Å². The molecule has 23 heavy (non-hydrogen) atoms. The Morgan fingerprint density at radius 2 is 2.00 bits per heavy atom. The van der Waals surface area contributed by atoms with Crippen molar-refractivity contribution in [3.8, 4) is 5.75 Å². The summed E-state index contributed by atoms with van der Waals surface area (Å²) in [6.07, 6.45) is 0.496. The molecule has 0 aliphatic rings. The van der Waals surface area contributed by atoms with Crippen LogP contribution in [0.3, 0.4) is 0 Å². The van der Waals surface area contributed by atoms with Gasteiger partial charge in [0.2, 0.25) is 0 Å². The lowest BCUT2D eigenvalue weighted by atomic mass is 10.1. The van der Waals surface area contributed by atoms with E-state index in [0.717, 1.165) is 28.3 Å². The molecule has 0 aliphatic heterocycles. The summed E-state index contributed by atoms with van der Waals surface area (Å²) in [6, 6.07) is 7.60. The molecule has 7 heteroatoms. The number of methoxy groups -OCH3 is 1. The van der Waals surface area contributed by atoms with Gasteiger partial charge in [0.15, 0.2) is 0 Å². The van der Waals surface area contributed by atoms with Gasteiger partial charge < -0.3 is 9.26 Å². The summed E-state index contributed by atoms with van der Waals surface area (Å²) in [4.78, 5) is 12.0. The van der Waals surface area contributed by atoms with Gasteiger partial charge in [-0.3, -0.25) is 4.57 Å². The van der Waals surface area contributed by atoms with Crippen LogP contribution in [0.4, 0.5) is 0 Å². The highest BCUT2D eigenvalue weighted by atomic mass is 16.5. The lowest BCUT2D eigenvalue weighted by Gasteiger charge is -2.07. The summed E-state index contributed by atoms with van der Waals surface area (Å²) in [5.74, 6) is 2.18. The molecular formula is C16H18N4O3. The van der Waals surface area contributed by atoms with Crippen molar-refractivity contribution in [2.24, 2.45) is 0 Å². The van der Waals surface area contributed by atoms with E-state index in [9.17, 15) is 4.79 Å². The highest BCUT2D eigenvalue weighted by molar-refractivity contribution is 5.28. The average molecular weight is 314 g/mol. The van der Waals surface area contributed by atoms with Crippen molar-refractivity contribution < 1.29 is 9.26 Å². The monoisotopic (exact) mass is 314 g/mol. The molecule has 0 atom stereocenters. The molecule has 0 aliphatic carbocycles. The molecule has 0 amide bonds. The minimum absolute atomic E-state index is 0.234. The molecule has 7 nitrogen and oxygen atoms in total. The van der Waals surface area contributed by atoms with Crippen molar-refractivity contribution in [1.82, 2.24) is 19.9 Å². The number of nitrogens with one attached hydrogen (secondary N) is 1. The number of hydrogen-bond acceptors (Lipinski definition) is 5. The van der Waals surface area contributed by atoms with E-state index in [-0.39, 0.29) is 5.69 Å². The molecule has 0 fully saturated rings. The third kappa shape index (κ3) is 3.03. The van der Waals surface area contributed by atoms with E-state index >= 15 is 0 Å². The first kappa shape index (κ1) is 15.1. The van der Waals surface area contributed by atoms with Crippen molar-refractivity contribution in [3.63, 3.8) is 0 Å². The van der Waals surface area contributed by atoms with E-state index in [2.05, 4.69) is 15.4 Å². The Hall–Kier alpha value is -2.83. The molecule has 3 rings (SSSR count). The average Bonchev–Trinajstić information content (AvgIpc) is 3.06. The van der Waals surface area contributed by atoms with Gasteiger partial charge in [-0.25, -0.2) is 9.89 Å². The fourth-order valence-electron chi connectivity index (χ4n) is 2.47. The summed E-state index contributed by atoms with van der Waals surface area (Å²) in [7, 11) is 1.62. The van der Waals surface area contributed by atoms with Gasteiger partial charge in [-0.1, -0.05) is 17.3 Å². The lowest BCUT2D eigenvalue weighted by Crippen LogP contribution is -2.20. The number of aromatic nitrogens is 4. The number of rotatable bonds is 5. The molecular weight excluding hydrogens is 296 g/mol. The second-order valence-electron chi connectivity index (χ2n) is 5.36. The van der Waals surface area contributed by atoms with E-state index in [1.54, 1.807) is 11.7 Å². The minimum atomic E-state index is -0.234. The Kier molecular flexibility index (Phi) is 4.01. The maximum absolute atomic E-state index is 12.0. The van der Waals surface area contributed by atoms with Crippen LogP contribution in [0.5, 0.6) is 5.75 Å². The van der Waals surface area contributed by atoms with Crippen LogP contribution in [-0.4, -0.2) is 27.0 Å². The van der Waals surface area contributed by atoms with Gasteiger partial charge in [0.25, 0.3) is 0 Å². The van der Waals surface area contributed by atoms with E-state index in [0.29, 0.717) is 18.8 Å². The molecule has 0 spiro atoms. The number of aromatic amines is 1. The Balaban J connectivity index is 1.88. The van der Waals surface area contributed by atoms with E-state index in [1.165, 1.54) is 0 Å². The van der Waals surface area contributed by atoms with Crippen LogP contribution in [0.25, 0.3) is 0 Å². The second kappa shape index (κ2) is 6.12. The Bertz CT molecular complexity index is 839. The number of aryl methyl sites for hydroxylation is 2. The van der Waals surface area contributed by atoms with Crippen molar-refractivity contribution in [1.29, 1.82) is 0 Å². The Labute approximate surface area is 132 Å². The highest BCUT2D eigenvalue weighted by Crippen LogP contribution is 2.17. The topological polar surface area (TPSA) is 85.9 Å². The van der Waals surface area contributed by atoms with Gasteiger partial charge in [-0.2, -0.15) is 5.10 Å². The van der Waals surface area contributed by atoms with Gasteiger partial charge >= 0.3 is 5.69 Å². The first-order valence-electron chi connectivity index (χ1n) is 7.27. The zero-order valence-corrected chi connectivity index (χ0v) is 13.3. The van der Waals surface area contributed by atoms with Crippen LogP contribution in [0.2, 0.25) is 0 Å². The third-order valence-electron chi connectivity index (χ3n) is 3.85. The molecule has 3 aromatic rings. The number of H-pyrrole nitrogens is 1.